The third-order valence-electron chi connectivity index (χ3n) is 7.60. The molecule has 3 heterocycles. The Balaban J connectivity index is 1.29. The van der Waals surface area contributed by atoms with Crippen LogP contribution in [0.1, 0.15) is 42.4 Å². The van der Waals surface area contributed by atoms with Crippen LogP contribution in [0, 0.1) is 5.92 Å². The van der Waals surface area contributed by atoms with Crippen LogP contribution in [0.5, 0.6) is 0 Å². The number of nitrogens with zero attached hydrogens (tertiary/aromatic N) is 4. The van der Waals surface area contributed by atoms with Gasteiger partial charge in [0.05, 0.1) is 6.54 Å². The molecule has 0 spiro atoms. The lowest BCUT2D eigenvalue weighted by molar-refractivity contribution is 0.197. The number of nitrogens with one attached hydrogen (secondary N) is 1. The third kappa shape index (κ3) is 4.72. The van der Waals surface area contributed by atoms with Crippen molar-refractivity contribution in [3.05, 3.63) is 91.1 Å². The van der Waals surface area contributed by atoms with Gasteiger partial charge in [-0.2, -0.15) is 0 Å². The molecular formula is C29H35N5S. The zero-order valence-corrected chi connectivity index (χ0v) is 21.4. The molecule has 2 aliphatic heterocycles. The van der Waals surface area contributed by atoms with Crippen LogP contribution in [-0.2, 0) is 6.54 Å². The van der Waals surface area contributed by atoms with Gasteiger partial charge in [-0.05, 0) is 48.6 Å². The van der Waals surface area contributed by atoms with Crippen molar-refractivity contribution in [2.45, 2.75) is 37.1 Å². The van der Waals surface area contributed by atoms with Gasteiger partial charge in [-0.15, -0.1) is 12.6 Å². The second kappa shape index (κ2) is 9.86. The number of piperazine rings is 1. The molecule has 182 valence electrons. The molecule has 6 heteroatoms. The van der Waals surface area contributed by atoms with Crippen LogP contribution >= 0.6 is 12.6 Å². The second-order valence-corrected chi connectivity index (χ2v) is 10.2. The summed E-state index contributed by atoms with van der Waals surface area (Å²) in [7, 11) is 0. The van der Waals surface area contributed by atoms with Crippen LogP contribution in [0.15, 0.2) is 79.3 Å². The highest BCUT2D eigenvalue weighted by molar-refractivity contribution is 7.80. The zero-order valence-electron chi connectivity index (χ0n) is 20.5. The molecule has 0 bridgehead atoms. The summed E-state index contributed by atoms with van der Waals surface area (Å²) in [5.74, 6) is 2.33. The SMILES string of the molecule is C=C1NC(=C)N(Cc2ccc(S)c(C(=C)N3CCN(C(=C)C4CCCC4)CC3)c2)c2ncccc21. The van der Waals surface area contributed by atoms with E-state index in [9.17, 15) is 0 Å². The molecule has 35 heavy (non-hydrogen) atoms. The monoisotopic (exact) mass is 485 g/mol. The molecule has 2 fully saturated rings. The first-order chi connectivity index (χ1) is 16.9. The molecule has 5 nitrogen and oxygen atoms in total. The van der Waals surface area contributed by atoms with Crippen molar-refractivity contribution in [1.29, 1.82) is 0 Å². The molecule has 0 amide bonds. The number of allylic oxidation sites excluding steroid dienone is 1. The number of fused-ring (bicyclic) bond motifs is 1. The minimum absolute atomic E-state index is 0.645. The van der Waals surface area contributed by atoms with E-state index in [1.165, 1.54) is 31.4 Å². The summed E-state index contributed by atoms with van der Waals surface area (Å²) >= 11 is 4.77. The minimum atomic E-state index is 0.645. The number of thiol groups is 1. The van der Waals surface area contributed by atoms with E-state index in [0.717, 1.165) is 70.8 Å². The predicted octanol–water partition coefficient (Wildman–Crippen LogP) is 5.71. The molecule has 1 aromatic heterocycles. The smallest absolute Gasteiger partial charge is 0.143 e. The van der Waals surface area contributed by atoms with E-state index in [-0.39, 0.29) is 0 Å². The summed E-state index contributed by atoms with van der Waals surface area (Å²) in [6, 6.07) is 10.3. The molecule has 0 unspecified atom stereocenters. The van der Waals surface area contributed by atoms with Gasteiger partial charge >= 0.3 is 0 Å². The summed E-state index contributed by atoms with van der Waals surface area (Å²) in [6.45, 7) is 21.8. The minimum Gasteiger partial charge on any atom is -0.372 e. The van der Waals surface area contributed by atoms with Gasteiger partial charge in [0, 0.05) is 65.5 Å². The van der Waals surface area contributed by atoms with Crippen molar-refractivity contribution in [1.82, 2.24) is 20.1 Å². The largest absolute Gasteiger partial charge is 0.372 e. The molecule has 1 saturated carbocycles. The van der Waals surface area contributed by atoms with Crippen LogP contribution in [0.4, 0.5) is 5.82 Å². The molecule has 5 rings (SSSR count). The molecular weight excluding hydrogens is 450 g/mol. The lowest BCUT2D eigenvalue weighted by Gasteiger charge is -2.40. The molecule has 0 atom stereocenters. The van der Waals surface area contributed by atoms with E-state index < -0.39 is 0 Å². The normalized spacial score (nSPS) is 18.5. The Morgan fingerprint density at radius 1 is 1.03 bits per heavy atom. The third-order valence-corrected chi connectivity index (χ3v) is 7.98. The van der Waals surface area contributed by atoms with Gasteiger partial charge in [0.2, 0.25) is 0 Å². The molecule has 1 saturated heterocycles. The van der Waals surface area contributed by atoms with Crippen LogP contribution < -0.4 is 10.2 Å². The first kappa shape index (κ1) is 23.6. The Bertz CT molecular complexity index is 1170. The summed E-state index contributed by atoms with van der Waals surface area (Å²) in [5, 5.41) is 3.28. The van der Waals surface area contributed by atoms with Gasteiger partial charge in [-0.3, -0.25) is 0 Å². The fourth-order valence-corrected chi connectivity index (χ4v) is 5.77. The molecule has 1 aliphatic carbocycles. The number of benzene rings is 1. The quantitative estimate of drug-likeness (QED) is 0.512. The fourth-order valence-electron chi connectivity index (χ4n) is 5.50. The van der Waals surface area contributed by atoms with Crippen molar-refractivity contribution in [3.8, 4) is 0 Å². The van der Waals surface area contributed by atoms with Crippen LogP contribution in [0.3, 0.4) is 0 Å². The van der Waals surface area contributed by atoms with E-state index in [1.54, 1.807) is 0 Å². The Kier molecular flexibility index (Phi) is 6.65. The van der Waals surface area contributed by atoms with E-state index in [2.05, 4.69) is 69.5 Å². The average molecular weight is 486 g/mol. The lowest BCUT2D eigenvalue weighted by atomic mass is 10.0. The van der Waals surface area contributed by atoms with Crippen molar-refractivity contribution in [2.24, 2.45) is 5.92 Å². The lowest BCUT2D eigenvalue weighted by Crippen LogP contribution is -2.45. The second-order valence-electron chi connectivity index (χ2n) is 9.76. The number of aromatic nitrogens is 1. The predicted molar refractivity (Wildman–Crippen MR) is 149 cm³/mol. The van der Waals surface area contributed by atoms with Crippen LogP contribution in [-0.4, -0.2) is 41.0 Å². The first-order valence-electron chi connectivity index (χ1n) is 12.5. The van der Waals surface area contributed by atoms with E-state index in [0.29, 0.717) is 12.5 Å². The van der Waals surface area contributed by atoms with Gasteiger partial charge in [-0.1, -0.05) is 45.2 Å². The summed E-state index contributed by atoms with van der Waals surface area (Å²) in [4.78, 5) is 12.5. The van der Waals surface area contributed by atoms with Crippen molar-refractivity contribution < 1.29 is 0 Å². The highest BCUT2D eigenvalue weighted by Gasteiger charge is 2.27. The molecule has 0 radical (unpaired) electrons. The molecule has 1 aromatic carbocycles. The van der Waals surface area contributed by atoms with E-state index in [1.807, 2.05) is 18.3 Å². The number of anilines is 1. The highest BCUT2D eigenvalue weighted by Crippen LogP contribution is 2.35. The summed E-state index contributed by atoms with van der Waals surface area (Å²) in [6.07, 6.45) is 7.10. The summed E-state index contributed by atoms with van der Waals surface area (Å²) in [5.41, 5.74) is 6.42. The van der Waals surface area contributed by atoms with E-state index >= 15 is 0 Å². The number of rotatable bonds is 6. The maximum Gasteiger partial charge on any atom is 0.143 e. The Morgan fingerprint density at radius 2 is 1.74 bits per heavy atom. The van der Waals surface area contributed by atoms with Crippen molar-refractivity contribution in [2.75, 3.05) is 31.1 Å². The molecule has 1 N–H and O–H groups in total. The molecule has 3 aliphatic rings. The standard InChI is InChI=1S/C29H35N5S/c1-20-26-10-7-13-30-29(26)34(23(4)31-20)19-24-11-12-28(35)27(18-24)22(3)33-16-14-32(15-17-33)21(2)25-8-5-6-9-25/h7,10-13,18,25,31,35H,1-6,8-9,14-17,19H2. The van der Waals surface area contributed by atoms with Crippen molar-refractivity contribution in [3.63, 3.8) is 0 Å². The van der Waals surface area contributed by atoms with Gasteiger partial charge in [-0.25, -0.2) is 4.98 Å². The Hall–Kier alpha value is -3.12. The zero-order chi connectivity index (χ0) is 24.5. The van der Waals surface area contributed by atoms with Crippen LogP contribution in [0.2, 0.25) is 0 Å². The van der Waals surface area contributed by atoms with Crippen molar-refractivity contribution >= 4 is 29.8 Å². The highest BCUT2D eigenvalue weighted by atomic mass is 32.1. The topological polar surface area (TPSA) is 34.6 Å². The number of hydrogen-bond acceptors (Lipinski definition) is 6. The van der Waals surface area contributed by atoms with Gasteiger partial charge < -0.3 is 20.0 Å². The fraction of sp³-hybridized carbons (Fsp3) is 0.345. The maximum absolute atomic E-state index is 4.77. The Morgan fingerprint density at radius 3 is 2.49 bits per heavy atom. The first-order valence-corrected chi connectivity index (χ1v) is 12.9. The maximum atomic E-state index is 4.77. The van der Waals surface area contributed by atoms with E-state index in [4.69, 9.17) is 12.6 Å². The van der Waals surface area contributed by atoms with Crippen LogP contribution in [0.25, 0.3) is 11.4 Å². The summed E-state index contributed by atoms with van der Waals surface area (Å²) < 4.78 is 0. The number of pyridine rings is 1. The van der Waals surface area contributed by atoms with Gasteiger partial charge in [0.25, 0.3) is 0 Å². The molecule has 2 aromatic rings. The van der Waals surface area contributed by atoms with Gasteiger partial charge in [0.1, 0.15) is 11.6 Å². The van der Waals surface area contributed by atoms with Gasteiger partial charge in [0.15, 0.2) is 0 Å². The average Bonchev–Trinajstić information content (AvgIpc) is 3.42. The number of hydrogen-bond donors (Lipinski definition) is 2. The Labute approximate surface area is 214 Å².